The van der Waals surface area contributed by atoms with E-state index in [0.717, 1.165) is 12.8 Å². The van der Waals surface area contributed by atoms with E-state index in [1.165, 1.54) is 23.3 Å². The molecule has 1 aliphatic heterocycles. The monoisotopic (exact) mass is 369 g/mol. The van der Waals surface area contributed by atoms with Gasteiger partial charge in [0.15, 0.2) is 0 Å². The predicted molar refractivity (Wildman–Crippen MR) is 99.4 cm³/mol. The van der Waals surface area contributed by atoms with Crippen LogP contribution >= 0.6 is 11.3 Å². The Labute approximate surface area is 155 Å². The van der Waals surface area contributed by atoms with Gasteiger partial charge < -0.3 is 10.6 Å². The quantitative estimate of drug-likeness (QED) is 0.727. The number of hydrogen-bond acceptors (Lipinski definition) is 4. The van der Waals surface area contributed by atoms with Crippen molar-refractivity contribution in [2.45, 2.75) is 38.1 Å². The first kappa shape index (κ1) is 16.8. The number of nitrogens with one attached hydrogen (secondary N) is 3. The van der Waals surface area contributed by atoms with Gasteiger partial charge in [-0.1, -0.05) is 12.1 Å². The number of imide groups is 1. The molecule has 134 valence electrons. The van der Waals surface area contributed by atoms with Crippen molar-refractivity contribution in [3.63, 3.8) is 0 Å². The lowest BCUT2D eigenvalue weighted by Gasteiger charge is -2.21. The maximum Gasteiger partial charge on any atom is 0.322 e. The average molecular weight is 369 g/mol. The molecular formula is C19H19N3O3S. The van der Waals surface area contributed by atoms with Crippen molar-refractivity contribution in [1.82, 2.24) is 10.6 Å². The van der Waals surface area contributed by atoms with Crippen molar-refractivity contribution in [3.8, 4) is 0 Å². The van der Waals surface area contributed by atoms with Crippen LogP contribution in [0.15, 0.2) is 30.3 Å². The van der Waals surface area contributed by atoms with Gasteiger partial charge in [0, 0.05) is 10.6 Å². The van der Waals surface area contributed by atoms with E-state index in [0.29, 0.717) is 16.1 Å². The summed E-state index contributed by atoms with van der Waals surface area (Å²) in [6.07, 6.45) is 4.46. The van der Waals surface area contributed by atoms with Crippen LogP contribution in [0.5, 0.6) is 0 Å². The lowest BCUT2D eigenvalue weighted by atomic mass is 9.92. The van der Waals surface area contributed by atoms with Crippen LogP contribution in [0.1, 0.15) is 45.4 Å². The van der Waals surface area contributed by atoms with Gasteiger partial charge in [-0.3, -0.25) is 14.9 Å². The summed E-state index contributed by atoms with van der Waals surface area (Å²) >= 11 is 1.56. The fourth-order valence-electron chi connectivity index (χ4n) is 3.45. The van der Waals surface area contributed by atoms with Gasteiger partial charge in [-0.15, -0.1) is 11.3 Å². The summed E-state index contributed by atoms with van der Waals surface area (Å²) in [6, 6.07) is 8.47. The molecular weight excluding hydrogens is 350 g/mol. The second-order valence-corrected chi connectivity index (χ2v) is 7.97. The summed E-state index contributed by atoms with van der Waals surface area (Å²) < 4.78 is 0. The Kier molecular flexibility index (Phi) is 4.03. The molecule has 0 radical (unpaired) electrons. The minimum absolute atomic E-state index is 0.147. The van der Waals surface area contributed by atoms with E-state index in [1.807, 2.05) is 6.07 Å². The van der Waals surface area contributed by atoms with Gasteiger partial charge in [-0.05, 0) is 61.9 Å². The molecule has 2 aromatic rings. The van der Waals surface area contributed by atoms with E-state index < -0.39 is 17.5 Å². The number of carbonyl (C=O) groups is 3. The fraction of sp³-hybridized carbons (Fsp3) is 0.316. The van der Waals surface area contributed by atoms with Crippen molar-refractivity contribution >= 4 is 34.9 Å². The van der Waals surface area contributed by atoms with Crippen LogP contribution < -0.4 is 16.0 Å². The van der Waals surface area contributed by atoms with Crippen LogP contribution in [0.25, 0.3) is 0 Å². The SMILES string of the molecule is C[C@@]1(c2cccc(NC(=O)c3cc4c(s3)CCCC4)c2)NC(=O)NC1=O. The number of anilines is 1. The Morgan fingerprint density at radius 3 is 2.73 bits per heavy atom. The molecule has 1 fully saturated rings. The number of carbonyl (C=O) groups excluding carboxylic acids is 3. The summed E-state index contributed by atoms with van der Waals surface area (Å²) in [5.74, 6) is -0.552. The third-order valence-corrected chi connectivity index (χ3v) is 6.20. The number of rotatable bonds is 3. The van der Waals surface area contributed by atoms with Crippen molar-refractivity contribution in [2.24, 2.45) is 0 Å². The van der Waals surface area contributed by atoms with Crippen molar-refractivity contribution in [3.05, 3.63) is 51.2 Å². The molecule has 1 atom stereocenters. The molecule has 26 heavy (non-hydrogen) atoms. The Hall–Kier alpha value is -2.67. The Balaban J connectivity index is 1.56. The molecule has 0 bridgehead atoms. The molecule has 1 saturated heterocycles. The minimum Gasteiger partial charge on any atom is -0.321 e. The molecule has 2 heterocycles. The van der Waals surface area contributed by atoms with Crippen LogP contribution in [0.2, 0.25) is 0 Å². The Bertz CT molecular complexity index is 897. The van der Waals surface area contributed by atoms with Crippen molar-refractivity contribution < 1.29 is 14.4 Å². The molecule has 7 heteroatoms. The maximum atomic E-state index is 12.6. The molecule has 1 aliphatic carbocycles. The standard InChI is InChI=1S/C19H19N3O3S/c1-19(17(24)21-18(25)22-19)12-6-4-7-13(10-12)20-16(23)15-9-11-5-2-3-8-14(11)26-15/h4,6-7,9-10H,2-3,5,8H2,1H3,(H,20,23)(H2,21,22,24,25)/t19-/m0/s1. The van der Waals surface area contributed by atoms with E-state index >= 15 is 0 Å². The highest BCUT2D eigenvalue weighted by Gasteiger charge is 2.43. The second kappa shape index (κ2) is 6.25. The first-order valence-corrected chi connectivity index (χ1v) is 9.44. The van der Waals surface area contributed by atoms with E-state index in [4.69, 9.17) is 0 Å². The van der Waals surface area contributed by atoms with Crippen LogP contribution in [-0.4, -0.2) is 17.8 Å². The number of aryl methyl sites for hydroxylation is 2. The number of benzene rings is 1. The first-order chi connectivity index (χ1) is 12.5. The summed E-state index contributed by atoms with van der Waals surface area (Å²) in [5, 5.41) is 7.78. The minimum atomic E-state index is -1.14. The zero-order valence-electron chi connectivity index (χ0n) is 14.3. The zero-order valence-corrected chi connectivity index (χ0v) is 15.2. The fourth-order valence-corrected chi connectivity index (χ4v) is 4.60. The molecule has 1 aromatic carbocycles. The van der Waals surface area contributed by atoms with Crippen molar-refractivity contribution in [2.75, 3.05) is 5.32 Å². The third-order valence-electron chi connectivity index (χ3n) is 4.96. The number of thiophene rings is 1. The van der Waals surface area contributed by atoms with Gasteiger partial charge in [0.05, 0.1) is 4.88 Å². The van der Waals surface area contributed by atoms with Crippen LogP contribution in [0.3, 0.4) is 0 Å². The molecule has 4 rings (SSSR count). The predicted octanol–water partition coefficient (Wildman–Crippen LogP) is 2.93. The number of fused-ring (bicyclic) bond motifs is 1. The van der Waals surface area contributed by atoms with Crippen LogP contribution in [0.4, 0.5) is 10.5 Å². The second-order valence-electron chi connectivity index (χ2n) is 6.83. The molecule has 0 unspecified atom stereocenters. The van der Waals surface area contributed by atoms with Crippen LogP contribution in [0, 0.1) is 0 Å². The molecule has 6 nitrogen and oxygen atoms in total. The van der Waals surface area contributed by atoms with Gasteiger partial charge in [-0.25, -0.2) is 4.79 Å². The Morgan fingerprint density at radius 1 is 1.19 bits per heavy atom. The summed E-state index contributed by atoms with van der Waals surface area (Å²) in [5.41, 5.74) is 1.36. The molecule has 0 spiro atoms. The van der Waals surface area contributed by atoms with E-state index in [-0.39, 0.29) is 5.91 Å². The smallest absolute Gasteiger partial charge is 0.321 e. The maximum absolute atomic E-state index is 12.6. The highest BCUT2D eigenvalue weighted by atomic mass is 32.1. The zero-order chi connectivity index (χ0) is 18.3. The van der Waals surface area contributed by atoms with Crippen molar-refractivity contribution in [1.29, 1.82) is 0 Å². The van der Waals surface area contributed by atoms with E-state index in [9.17, 15) is 14.4 Å². The molecule has 1 aromatic heterocycles. The van der Waals surface area contributed by atoms with E-state index in [1.54, 1.807) is 42.5 Å². The summed E-state index contributed by atoms with van der Waals surface area (Å²) in [7, 11) is 0. The lowest BCUT2D eigenvalue weighted by Crippen LogP contribution is -2.40. The topological polar surface area (TPSA) is 87.3 Å². The molecule has 4 amide bonds. The highest BCUT2D eigenvalue weighted by molar-refractivity contribution is 7.14. The third kappa shape index (κ3) is 2.88. The molecule has 0 saturated carbocycles. The summed E-state index contributed by atoms with van der Waals surface area (Å²) in [6.45, 7) is 1.64. The number of amides is 4. The average Bonchev–Trinajstić information content (AvgIpc) is 3.16. The number of urea groups is 1. The summed E-state index contributed by atoms with van der Waals surface area (Å²) in [4.78, 5) is 38.2. The van der Waals surface area contributed by atoms with Gasteiger partial charge in [-0.2, -0.15) is 0 Å². The largest absolute Gasteiger partial charge is 0.322 e. The van der Waals surface area contributed by atoms with Gasteiger partial charge in [0.1, 0.15) is 5.54 Å². The Morgan fingerprint density at radius 2 is 2.00 bits per heavy atom. The highest BCUT2D eigenvalue weighted by Crippen LogP contribution is 2.31. The normalized spacial score (nSPS) is 21.7. The van der Waals surface area contributed by atoms with Gasteiger partial charge >= 0.3 is 6.03 Å². The first-order valence-electron chi connectivity index (χ1n) is 8.63. The molecule has 2 aliphatic rings. The van der Waals surface area contributed by atoms with E-state index in [2.05, 4.69) is 16.0 Å². The number of hydrogen-bond donors (Lipinski definition) is 3. The van der Waals surface area contributed by atoms with Gasteiger partial charge in [0.2, 0.25) is 0 Å². The van der Waals surface area contributed by atoms with Gasteiger partial charge in [0.25, 0.3) is 11.8 Å². The lowest BCUT2D eigenvalue weighted by molar-refractivity contribution is -0.123. The molecule has 3 N–H and O–H groups in total. The van der Waals surface area contributed by atoms with Crippen LogP contribution in [-0.2, 0) is 23.2 Å².